The van der Waals surface area contributed by atoms with Gasteiger partial charge in [-0.3, -0.25) is 0 Å². The van der Waals surface area contributed by atoms with Crippen LogP contribution in [0, 0.1) is 0 Å². The summed E-state index contributed by atoms with van der Waals surface area (Å²) in [7, 11) is 0. The van der Waals surface area contributed by atoms with Gasteiger partial charge in [0.15, 0.2) is 0 Å². The van der Waals surface area contributed by atoms with Crippen LogP contribution < -0.4 is 5.73 Å². The normalized spacial score (nSPS) is 15.1. The van der Waals surface area contributed by atoms with Crippen LogP contribution in [0.4, 0.5) is 0 Å². The smallest absolute Gasteiger partial charge is 0.0552 e. The van der Waals surface area contributed by atoms with Gasteiger partial charge in [0.05, 0.1) is 6.10 Å². The van der Waals surface area contributed by atoms with Crippen LogP contribution in [0.15, 0.2) is 24.3 Å². The van der Waals surface area contributed by atoms with Crippen molar-refractivity contribution in [3.05, 3.63) is 35.4 Å². The zero-order valence-corrected chi connectivity index (χ0v) is 8.90. The molecule has 2 unspecified atom stereocenters. The lowest BCUT2D eigenvalue weighted by Crippen LogP contribution is -2.13. The quantitative estimate of drug-likeness (QED) is 0.764. The zero-order chi connectivity index (χ0) is 10.6. The molecule has 2 nitrogen and oxygen atoms in total. The van der Waals surface area contributed by atoms with E-state index in [4.69, 9.17) is 5.73 Å². The Morgan fingerprint density at radius 2 is 1.93 bits per heavy atom. The van der Waals surface area contributed by atoms with Crippen molar-refractivity contribution < 1.29 is 5.11 Å². The summed E-state index contributed by atoms with van der Waals surface area (Å²) in [5.41, 5.74) is 8.11. The van der Waals surface area contributed by atoms with Gasteiger partial charge >= 0.3 is 0 Å². The second-order valence-electron chi connectivity index (χ2n) is 3.89. The molecule has 2 atom stereocenters. The molecule has 0 saturated carbocycles. The molecule has 0 aliphatic heterocycles. The third kappa shape index (κ3) is 2.82. The summed E-state index contributed by atoms with van der Waals surface area (Å²) < 4.78 is 0. The summed E-state index contributed by atoms with van der Waals surface area (Å²) in [5.74, 6) is 0.366. The number of aliphatic hydroxyl groups is 1. The molecule has 0 heterocycles. The van der Waals surface area contributed by atoms with Crippen LogP contribution in [-0.4, -0.2) is 17.8 Å². The lowest BCUT2D eigenvalue weighted by atomic mass is 9.93. The third-order valence-corrected chi connectivity index (χ3v) is 2.45. The number of hydrogen-bond acceptors (Lipinski definition) is 2. The number of benzene rings is 1. The lowest BCUT2D eigenvalue weighted by Gasteiger charge is -2.15. The largest absolute Gasteiger partial charge is 0.393 e. The molecule has 1 aromatic rings. The number of hydrogen-bond donors (Lipinski definition) is 2. The van der Waals surface area contributed by atoms with E-state index in [0.717, 1.165) is 0 Å². The predicted octanol–water partition coefficient (Wildman–Crippen LogP) is 1.67. The maximum absolute atomic E-state index is 9.35. The molecule has 78 valence electrons. The Hall–Kier alpha value is -0.860. The maximum atomic E-state index is 9.35. The van der Waals surface area contributed by atoms with Crippen LogP contribution in [-0.2, 0) is 6.42 Å². The van der Waals surface area contributed by atoms with Crippen molar-refractivity contribution in [3.8, 4) is 0 Å². The summed E-state index contributed by atoms with van der Waals surface area (Å²) in [6, 6.07) is 8.18. The highest BCUT2D eigenvalue weighted by Gasteiger charge is 2.09. The fourth-order valence-corrected chi connectivity index (χ4v) is 1.65. The van der Waals surface area contributed by atoms with Crippen LogP contribution >= 0.6 is 0 Å². The highest BCUT2D eigenvalue weighted by molar-refractivity contribution is 5.30. The molecular weight excluding hydrogens is 174 g/mol. The van der Waals surface area contributed by atoms with E-state index in [1.165, 1.54) is 11.1 Å². The molecule has 0 aliphatic rings. The van der Waals surface area contributed by atoms with Gasteiger partial charge < -0.3 is 10.8 Å². The topological polar surface area (TPSA) is 46.2 Å². The molecule has 1 aromatic carbocycles. The number of nitrogens with two attached hydrogens (primary N) is 1. The molecular formula is C12H19NO. The van der Waals surface area contributed by atoms with Crippen molar-refractivity contribution >= 4 is 0 Å². The van der Waals surface area contributed by atoms with E-state index >= 15 is 0 Å². The number of aliphatic hydroxyl groups excluding tert-OH is 1. The van der Waals surface area contributed by atoms with Crippen molar-refractivity contribution in [3.63, 3.8) is 0 Å². The van der Waals surface area contributed by atoms with Gasteiger partial charge in [0.25, 0.3) is 0 Å². The van der Waals surface area contributed by atoms with E-state index in [0.29, 0.717) is 18.9 Å². The second kappa shape index (κ2) is 5.13. The minimum absolute atomic E-state index is 0.291. The summed E-state index contributed by atoms with van der Waals surface area (Å²) >= 11 is 0. The monoisotopic (exact) mass is 193 g/mol. The molecule has 0 aromatic heterocycles. The van der Waals surface area contributed by atoms with E-state index in [2.05, 4.69) is 19.1 Å². The predicted molar refractivity (Wildman–Crippen MR) is 59.3 cm³/mol. The van der Waals surface area contributed by atoms with Gasteiger partial charge in [0, 0.05) is 0 Å². The molecule has 0 amide bonds. The Kier molecular flexibility index (Phi) is 4.11. The zero-order valence-electron chi connectivity index (χ0n) is 8.90. The summed E-state index contributed by atoms with van der Waals surface area (Å²) in [6.45, 7) is 4.57. The van der Waals surface area contributed by atoms with Gasteiger partial charge in [-0.2, -0.15) is 0 Å². The Balaban J connectivity index is 2.91. The first-order chi connectivity index (χ1) is 6.65. The van der Waals surface area contributed by atoms with Crippen molar-refractivity contribution in [2.75, 3.05) is 6.54 Å². The van der Waals surface area contributed by atoms with E-state index in [9.17, 15) is 5.11 Å². The van der Waals surface area contributed by atoms with Crippen molar-refractivity contribution in [2.24, 2.45) is 5.73 Å². The molecule has 0 radical (unpaired) electrons. The standard InChI is InChI=1S/C12H19NO/c1-9(8-13)12-6-4-3-5-11(12)7-10(2)14/h3-6,9-10,14H,7-8,13H2,1-2H3. The Morgan fingerprint density at radius 1 is 1.29 bits per heavy atom. The lowest BCUT2D eigenvalue weighted by molar-refractivity contribution is 0.195. The minimum Gasteiger partial charge on any atom is -0.393 e. The SMILES string of the molecule is CC(O)Cc1ccccc1C(C)CN. The highest BCUT2D eigenvalue weighted by atomic mass is 16.3. The average Bonchev–Trinajstić information content (AvgIpc) is 2.16. The van der Waals surface area contributed by atoms with Gasteiger partial charge in [-0.1, -0.05) is 31.2 Å². The molecule has 0 spiro atoms. The van der Waals surface area contributed by atoms with Crippen LogP contribution in [0.5, 0.6) is 0 Å². The first kappa shape index (κ1) is 11.2. The molecule has 0 fully saturated rings. The van der Waals surface area contributed by atoms with Crippen molar-refractivity contribution in [1.82, 2.24) is 0 Å². The molecule has 0 saturated heterocycles. The van der Waals surface area contributed by atoms with Crippen LogP contribution in [0.2, 0.25) is 0 Å². The second-order valence-corrected chi connectivity index (χ2v) is 3.89. The van der Waals surface area contributed by atoms with Crippen molar-refractivity contribution in [1.29, 1.82) is 0 Å². The molecule has 0 bridgehead atoms. The van der Waals surface area contributed by atoms with E-state index in [1.807, 2.05) is 19.1 Å². The van der Waals surface area contributed by atoms with Crippen LogP contribution in [0.3, 0.4) is 0 Å². The van der Waals surface area contributed by atoms with Gasteiger partial charge in [-0.25, -0.2) is 0 Å². The summed E-state index contributed by atoms with van der Waals surface area (Å²) in [6.07, 6.45) is 0.418. The van der Waals surface area contributed by atoms with Gasteiger partial charge in [0.1, 0.15) is 0 Å². The highest BCUT2D eigenvalue weighted by Crippen LogP contribution is 2.19. The van der Waals surface area contributed by atoms with E-state index < -0.39 is 0 Å². The molecule has 3 N–H and O–H groups in total. The summed E-state index contributed by atoms with van der Waals surface area (Å²) in [4.78, 5) is 0. The summed E-state index contributed by atoms with van der Waals surface area (Å²) in [5, 5.41) is 9.35. The first-order valence-electron chi connectivity index (χ1n) is 5.11. The first-order valence-corrected chi connectivity index (χ1v) is 5.11. The molecule has 1 rings (SSSR count). The Morgan fingerprint density at radius 3 is 2.50 bits per heavy atom. The fraction of sp³-hybridized carbons (Fsp3) is 0.500. The molecule has 0 aliphatic carbocycles. The van der Waals surface area contributed by atoms with Crippen LogP contribution in [0.1, 0.15) is 30.9 Å². The van der Waals surface area contributed by atoms with E-state index in [1.54, 1.807) is 0 Å². The van der Waals surface area contributed by atoms with Gasteiger partial charge in [-0.05, 0) is 36.9 Å². The Labute approximate surface area is 85.8 Å². The average molecular weight is 193 g/mol. The van der Waals surface area contributed by atoms with Crippen LogP contribution in [0.25, 0.3) is 0 Å². The molecule has 2 heteroatoms. The van der Waals surface area contributed by atoms with Crippen molar-refractivity contribution in [2.45, 2.75) is 32.3 Å². The number of rotatable bonds is 4. The van der Waals surface area contributed by atoms with Gasteiger partial charge in [0.2, 0.25) is 0 Å². The van der Waals surface area contributed by atoms with Gasteiger partial charge in [-0.15, -0.1) is 0 Å². The maximum Gasteiger partial charge on any atom is 0.0552 e. The Bertz CT molecular complexity index is 283. The fourth-order valence-electron chi connectivity index (χ4n) is 1.65. The minimum atomic E-state index is -0.291. The molecule has 14 heavy (non-hydrogen) atoms. The van der Waals surface area contributed by atoms with E-state index in [-0.39, 0.29) is 6.10 Å². The third-order valence-electron chi connectivity index (χ3n) is 2.45.